The highest BCUT2D eigenvalue weighted by Crippen LogP contribution is 2.34. The molecule has 0 saturated carbocycles. The molecule has 0 aliphatic carbocycles. The molecule has 0 radical (unpaired) electrons. The van der Waals surface area contributed by atoms with Crippen LogP contribution in [0.3, 0.4) is 0 Å². The van der Waals surface area contributed by atoms with Crippen molar-refractivity contribution in [2.45, 2.75) is 37.5 Å². The van der Waals surface area contributed by atoms with E-state index in [0.29, 0.717) is 10.8 Å². The van der Waals surface area contributed by atoms with Crippen molar-refractivity contribution < 1.29 is 8.42 Å². The van der Waals surface area contributed by atoms with Crippen LogP contribution in [-0.2, 0) is 10.0 Å². The van der Waals surface area contributed by atoms with Gasteiger partial charge in [-0.3, -0.25) is 0 Å². The van der Waals surface area contributed by atoms with Crippen molar-refractivity contribution in [3.63, 3.8) is 0 Å². The maximum Gasteiger partial charge on any atom is 0.243 e. The lowest BCUT2D eigenvalue weighted by Crippen LogP contribution is -2.31. The Morgan fingerprint density at radius 3 is 2.37 bits per heavy atom. The molecule has 110 valence electrons. The molecule has 0 spiro atoms. The number of hydrogen-bond donors (Lipinski definition) is 1. The third-order valence-corrected chi connectivity index (χ3v) is 5.73. The first-order chi connectivity index (χ1) is 8.51. The molecule has 1 atom stereocenters. The second-order valence-electron chi connectivity index (χ2n) is 5.40. The summed E-state index contributed by atoms with van der Waals surface area (Å²) in [6, 6.07) is 1.34. The van der Waals surface area contributed by atoms with Gasteiger partial charge in [0.2, 0.25) is 10.0 Å². The molecule has 0 fully saturated rings. The summed E-state index contributed by atoms with van der Waals surface area (Å²) in [5.74, 6) is 0. The van der Waals surface area contributed by atoms with Gasteiger partial charge in [-0.25, -0.2) is 13.1 Å². The molecule has 19 heavy (non-hydrogen) atoms. The van der Waals surface area contributed by atoms with Crippen molar-refractivity contribution >= 4 is 56.2 Å². The summed E-state index contributed by atoms with van der Waals surface area (Å²) < 4.78 is 27.0. The summed E-state index contributed by atoms with van der Waals surface area (Å²) >= 11 is 18.7. The molecular formula is C11H16Cl3NO2S2. The minimum absolute atomic E-state index is 0.00351. The van der Waals surface area contributed by atoms with Gasteiger partial charge < -0.3 is 0 Å². The van der Waals surface area contributed by atoms with Crippen molar-refractivity contribution in [2.24, 2.45) is 5.41 Å². The van der Waals surface area contributed by atoms with Crippen LogP contribution in [0.2, 0.25) is 8.67 Å². The number of hydrogen-bond acceptors (Lipinski definition) is 3. The lowest BCUT2D eigenvalue weighted by atomic mass is 9.90. The fourth-order valence-corrected chi connectivity index (χ4v) is 5.38. The summed E-state index contributed by atoms with van der Waals surface area (Å²) in [4.78, 5) is 0.00351. The molecule has 0 aliphatic rings. The van der Waals surface area contributed by atoms with Crippen molar-refractivity contribution in [3.8, 4) is 0 Å². The molecule has 1 heterocycles. The number of thiophene rings is 1. The van der Waals surface area contributed by atoms with Gasteiger partial charge in [0, 0.05) is 11.9 Å². The normalized spacial score (nSPS) is 14.6. The van der Waals surface area contributed by atoms with Gasteiger partial charge in [-0.1, -0.05) is 44.0 Å². The predicted molar refractivity (Wildman–Crippen MR) is 83.2 cm³/mol. The van der Waals surface area contributed by atoms with Gasteiger partial charge in [-0.15, -0.1) is 22.9 Å². The highest BCUT2D eigenvalue weighted by atomic mass is 35.5. The van der Waals surface area contributed by atoms with Gasteiger partial charge in [-0.05, 0) is 17.9 Å². The highest BCUT2D eigenvalue weighted by Gasteiger charge is 2.23. The monoisotopic (exact) mass is 363 g/mol. The number of alkyl halides is 1. The number of halogens is 3. The fraction of sp³-hybridized carbons (Fsp3) is 0.636. The minimum Gasteiger partial charge on any atom is -0.210 e. The number of nitrogens with one attached hydrogen (secondary N) is 1. The second kappa shape index (κ2) is 6.50. The van der Waals surface area contributed by atoms with Crippen LogP contribution >= 0.6 is 46.1 Å². The van der Waals surface area contributed by atoms with Crippen LogP contribution in [0.25, 0.3) is 0 Å². The van der Waals surface area contributed by atoms with E-state index in [-0.39, 0.29) is 26.6 Å². The van der Waals surface area contributed by atoms with Gasteiger partial charge in [0.1, 0.15) is 9.23 Å². The Labute approximate surface area is 133 Å². The molecule has 0 bridgehead atoms. The fourth-order valence-electron chi connectivity index (χ4n) is 1.52. The van der Waals surface area contributed by atoms with Gasteiger partial charge in [0.15, 0.2) is 0 Å². The Bertz CT molecular complexity index is 535. The average Bonchev–Trinajstić information content (AvgIpc) is 2.53. The highest BCUT2D eigenvalue weighted by molar-refractivity contribution is 7.89. The molecule has 0 aromatic carbocycles. The van der Waals surface area contributed by atoms with E-state index in [1.807, 2.05) is 20.8 Å². The maximum absolute atomic E-state index is 12.0. The van der Waals surface area contributed by atoms with E-state index in [4.69, 9.17) is 34.8 Å². The van der Waals surface area contributed by atoms with Crippen molar-refractivity contribution in [1.82, 2.24) is 4.72 Å². The summed E-state index contributed by atoms with van der Waals surface area (Å²) in [6.07, 6.45) is 0.704. The van der Waals surface area contributed by atoms with Gasteiger partial charge in [-0.2, -0.15) is 0 Å². The predicted octanol–water partition coefficient (Wildman–Crippen LogP) is 4.38. The first-order valence-corrected chi connectivity index (χ1v) is 9.09. The van der Waals surface area contributed by atoms with Crippen molar-refractivity contribution in [2.75, 3.05) is 6.54 Å². The smallest absolute Gasteiger partial charge is 0.210 e. The molecule has 3 nitrogen and oxygen atoms in total. The quantitative estimate of drug-likeness (QED) is 0.788. The van der Waals surface area contributed by atoms with Crippen LogP contribution in [0.5, 0.6) is 0 Å². The van der Waals surface area contributed by atoms with E-state index in [1.165, 1.54) is 6.07 Å². The number of rotatable bonds is 5. The lowest BCUT2D eigenvalue weighted by Gasteiger charge is -2.21. The minimum atomic E-state index is -3.66. The average molecular weight is 365 g/mol. The zero-order valence-electron chi connectivity index (χ0n) is 10.8. The van der Waals surface area contributed by atoms with Crippen LogP contribution < -0.4 is 4.72 Å². The van der Waals surface area contributed by atoms with E-state index in [0.717, 1.165) is 11.3 Å². The molecule has 0 saturated heterocycles. The van der Waals surface area contributed by atoms with Crippen molar-refractivity contribution in [1.29, 1.82) is 0 Å². The molecule has 8 heteroatoms. The van der Waals surface area contributed by atoms with Crippen LogP contribution in [0, 0.1) is 5.41 Å². The summed E-state index contributed by atoms with van der Waals surface area (Å²) in [7, 11) is -3.66. The Balaban J connectivity index is 2.69. The molecule has 1 aromatic rings. The lowest BCUT2D eigenvalue weighted by molar-refractivity contribution is 0.369. The topological polar surface area (TPSA) is 46.2 Å². The van der Waals surface area contributed by atoms with Gasteiger partial charge in [0.05, 0.1) is 4.34 Å². The molecule has 1 unspecified atom stereocenters. The third-order valence-electron chi connectivity index (χ3n) is 2.24. The van der Waals surface area contributed by atoms with Crippen LogP contribution in [-0.4, -0.2) is 20.3 Å². The summed E-state index contributed by atoms with van der Waals surface area (Å²) in [5, 5.41) is -0.275. The van der Waals surface area contributed by atoms with E-state index < -0.39 is 10.0 Å². The van der Waals surface area contributed by atoms with Gasteiger partial charge in [0.25, 0.3) is 0 Å². The molecule has 0 aliphatic heterocycles. The molecule has 0 amide bonds. The second-order valence-corrected chi connectivity index (χ2v) is 10.0. The zero-order valence-corrected chi connectivity index (χ0v) is 14.7. The maximum atomic E-state index is 12.0. The molecule has 1 N–H and O–H groups in total. The third kappa shape index (κ3) is 5.78. The van der Waals surface area contributed by atoms with Crippen LogP contribution in [0.15, 0.2) is 11.0 Å². The molecule has 1 rings (SSSR count). The molecular weight excluding hydrogens is 349 g/mol. The Morgan fingerprint density at radius 1 is 1.37 bits per heavy atom. The SMILES string of the molecule is CC(C)(C)CC(Cl)CNS(=O)(=O)c1cc(Cl)sc1Cl. The summed E-state index contributed by atoms with van der Waals surface area (Å²) in [5.41, 5.74) is 0.0428. The standard InChI is InChI=1S/C11H16Cl3NO2S2/c1-11(2,3)5-7(12)6-15-19(16,17)8-4-9(13)18-10(8)14/h4,7,15H,5-6H2,1-3H3. The summed E-state index contributed by atoms with van der Waals surface area (Å²) in [6.45, 7) is 6.30. The first kappa shape index (κ1) is 17.5. The van der Waals surface area contributed by atoms with Crippen LogP contribution in [0.4, 0.5) is 0 Å². The Morgan fingerprint density at radius 2 is 1.95 bits per heavy atom. The van der Waals surface area contributed by atoms with Gasteiger partial charge >= 0.3 is 0 Å². The Kier molecular flexibility index (Phi) is 6.00. The van der Waals surface area contributed by atoms with E-state index in [9.17, 15) is 8.42 Å². The zero-order chi connectivity index (χ0) is 14.8. The molecule has 1 aromatic heterocycles. The largest absolute Gasteiger partial charge is 0.243 e. The van der Waals surface area contributed by atoms with E-state index >= 15 is 0 Å². The van der Waals surface area contributed by atoms with Crippen molar-refractivity contribution in [3.05, 3.63) is 14.7 Å². The van der Waals surface area contributed by atoms with E-state index in [1.54, 1.807) is 0 Å². The first-order valence-electron chi connectivity index (χ1n) is 5.60. The Hall–Kier alpha value is 0.480. The van der Waals surface area contributed by atoms with Crippen LogP contribution in [0.1, 0.15) is 27.2 Å². The van der Waals surface area contributed by atoms with E-state index in [2.05, 4.69) is 4.72 Å². The number of sulfonamides is 1.